The first-order valence-corrected chi connectivity index (χ1v) is 11.2. The fourth-order valence-corrected chi connectivity index (χ4v) is 4.02. The molecule has 3 N–H and O–H groups in total. The van der Waals surface area contributed by atoms with Gasteiger partial charge in [0, 0.05) is 32.7 Å². The van der Waals surface area contributed by atoms with E-state index in [2.05, 4.69) is 32.2 Å². The summed E-state index contributed by atoms with van der Waals surface area (Å²) in [6, 6.07) is 7.54. The quantitative estimate of drug-likeness (QED) is 0.211. The Morgan fingerprint density at radius 1 is 1.21 bits per heavy atom. The van der Waals surface area contributed by atoms with Gasteiger partial charge in [-0.05, 0) is 57.5 Å². The van der Waals surface area contributed by atoms with Crippen LogP contribution in [0.25, 0.3) is 0 Å². The van der Waals surface area contributed by atoms with Crippen molar-refractivity contribution in [1.29, 1.82) is 0 Å². The maximum absolute atomic E-state index is 11.7. The van der Waals surface area contributed by atoms with E-state index in [4.69, 9.17) is 0 Å². The van der Waals surface area contributed by atoms with E-state index in [0.29, 0.717) is 12.6 Å². The zero-order valence-electron chi connectivity index (χ0n) is 17.1. The molecule has 1 heterocycles. The number of rotatable bonds is 8. The van der Waals surface area contributed by atoms with Crippen LogP contribution >= 0.6 is 24.0 Å². The molecule has 0 aliphatic carbocycles. The SMILES string of the molecule is CN=C(NCCCN1CCCCC1C)NCc1ccc(S(=O)(=O)NC)cc1.I. The van der Waals surface area contributed by atoms with Crippen LogP contribution in [-0.4, -0.2) is 59.0 Å². The van der Waals surface area contributed by atoms with E-state index >= 15 is 0 Å². The van der Waals surface area contributed by atoms with Crippen molar-refractivity contribution in [2.45, 2.75) is 50.1 Å². The second-order valence-electron chi connectivity index (χ2n) is 6.94. The second-order valence-corrected chi connectivity index (χ2v) is 8.82. The molecular weight excluding hydrogens is 489 g/mol. The Morgan fingerprint density at radius 3 is 2.54 bits per heavy atom. The topological polar surface area (TPSA) is 85.8 Å². The van der Waals surface area contributed by atoms with Crippen LogP contribution in [0, 0.1) is 0 Å². The van der Waals surface area contributed by atoms with Crippen molar-refractivity contribution < 1.29 is 8.42 Å². The summed E-state index contributed by atoms with van der Waals surface area (Å²) in [5, 5.41) is 6.61. The van der Waals surface area contributed by atoms with Gasteiger partial charge in [0.1, 0.15) is 0 Å². The van der Waals surface area contributed by atoms with E-state index in [9.17, 15) is 8.42 Å². The Kier molecular flexibility index (Phi) is 11.3. The molecule has 0 radical (unpaired) electrons. The summed E-state index contributed by atoms with van der Waals surface area (Å²) in [6.07, 6.45) is 5.07. The highest BCUT2D eigenvalue weighted by Crippen LogP contribution is 2.16. The molecule has 0 bridgehead atoms. The summed E-state index contributed by atoms with van der Waals surface area (Å²) in [7, 11) is -0.226. The molecule has 1 atom stereocenters. The number of hydrogen-bond acceptors (Lipinski definition) is 4. The van der Waals surface area contributed by atoms with E-state index in [1.165, 1.54) is 32.9 Å². The number of hydrogen-bond donors (Lipinski definition) is 3. The lowest BCUT2D eigenvalue weighted by atomic mass is 10.0. The molecule has 1 aliphatic rings. The van der Waals surface area contributed by atoms with Crippen molar-refractivity contribution >= 4 is 40.0 Å². The Morgan fingerprint density at radius 2 is 1.93 bits per heavy atom. The highest BCUT2D eigenvalue weighted by molar-refractivity contribution is 14.0. The van der Waals surface area contributed by atoms with Crippen molar-refractivity contribution in [2.24, 2.45) is 4.99 Å². The van der Waals surface area contributed by atoms with E-state index in [0.717, 1.165) is 31.0 Å². The molecule has 0 saturated carbocycles. The molecule has 2 rings (SSSR count). The molecule has 1 saturated heterocycles. The van der Waals surface area contributed by atoms with Crippen molar-refractivity contribution in [2.75, 3.05) is 33.7 Å². The maximum Gasteiger partial charge on any atom is 0.240 e. The summed E-state index contributed by atoms with van der Waals surface area (Å²) < 4.78 is 25.8. The third-order valence-electron chi connectivity index (χ3n) is 5.04. The number of halogens is 1. The highest BCUT2D eigenvalue weighted by atomic mass is 127. The van der Waals surface area contributed by atoms with Crippen LogP contribution in [-0.2, 0) is 16.6 Å². The number of guanidine groups is 1. The first kappa shape index (κ1) is 25.1. The van der Waals surface area contributed by atoms with E-state index in [1.54, 1.807) is 19.2 Å². The van der Waals surface area contributed by atoms with Gasteiger partial charge in [0.15, 0.2) is 5.96 Å². The number of aliphatic imine (C=N–C) groups is 1. The Labute approximate surface area is 186 Å². The zero-order valence-corrected chi connectivity index (χ0v) is 20.2. The van der Waals surface area contributed by atoms with Gasteiger partial charge in [-0.25, -0.2) is 13.1 Å². The van der Waals surface area contributed by atoms with Gasteiger partial charge in [0.05, 0.1) is 4.90 Å². The summed E-state index contributed by atoms with van der Waals surface area (Å²) in [6.45, 7) is 6.12. The molecule has 7 nitrogen and oxygen atoms in total. The first-order chi connectivity index (χ1) is 13.0. The minimum atomic E-state index is -3.39. The van der Waals surface area contributed by atoms with Crippen molar-refractivity contribution in [1.82, 2.24) is 20.3 Å². The molecule has 1 fully saturated rings. The fourth-order valence-electron chi connectivity index (χ4n) is 3.29. The van der Waals surface area contributed by atoms with Gasteiger partial charge in [-0.15, -0.1) is 24.0 Å². The molecule has 160 valence electrons. The standard InChI is InChI=1S/C19H33N5O2S.HI/c1-16-7-4-5-13-24(16)14-6-12-22-19(20-2)23-15-17-8-10-18(11-9-17)27(25,26)21-3;/h8-11,16,21H,4-7,12-15H2,1-3H3,(H2,20,22,23);1H. The molecule has 0 amide bonds. The number of sulfonamides is 1. The number of likely N-dealkylation sites (tertiary alicyclic amines) is 1. The third-order valence-corrected chi connectivity index (χ3v) is 6.47. The average molecular weight is 523 g/mol. The number of piperidine rings is 1. The van der Waals surface area contributed by atoms with Gasteiger partial charge in [-0.3, -0.25) is 4.99 Å². The summed E-state index contributed by atoms with van der Waals surface area (Å²) in [5.41, 5.74) is 0.996. The van der Waals surface area contributed by atoms with Crippen LogP contribution in [0.1, 0.15) is 38.2 Å². The average Bonchev–Trinajstić information content (AvgIpc) is 2.69. The van der Waals surface area contributed by atoms with E-state index in [-0.39, 0.29) is 28.9 Å². The molecule has 1 aliphatic heterocycles. The minimum absolute atomic E-state index is 0. The monoisotopic (exact) mass is 523 g/mol. The Bertz CT molecular complexity index is 710. The number of benzene rings is 1. The Balaban J connectivity index is 0.00000392. The van der Waals surface area contributed by atoms with Gasteiger partial charge in [0.25, 0.3) is 0 Å². The van der Waals surface area contributed by atoms with Crippen molar-refractivity contribution in [3.63, 3.8) is 0 Å². The van der Waals surface area contributed by atoms with Gasteiger partial charge in [-0.1, -0.05) is 18.6 Å². The normalized spacial score (nSPS) is 18.4. The predicted molar refractivity (Wildman–Crippen MR) is 126 cm³/mol. The molecular formula is C19H34IN5O2S. The molecule has 0 aromatic heterocycles. The maximum atomic E-state index is 11.7. The summed E-state index contributed by atoms with van der Waals surface area (Å²) >= 11 is 0. The molecule has 9 heteroatoms. The lowest BCUT2D eigenvalue weighted by Crippen LogP contribution is -2.41. The lowest BCUT2D eigenvalue weighted by molar-refractivity contribution is 0.159. The highest BCUT2D eigenvalue weighted by Gasteiger charge is 2.17. The summed E-state index contributed by atoms with van der Waals surface area (Å²) in [5.74, 6) is 0.758. The Hall–Kier alpha value is -0.910. The predicted octanol–water partition coefficient (Wildman–Crippen LogP) is 2.14. The summed E-state index contributed by atoms with van der Waals surface area (Å²) in [4.78, 5) is 7.09. The van der Waals surface area contributed by atoms with E-state index < -0.39 is 10.0 Å². The first-order valence-electron chi connectivity index (χ1n) is 9.67. The van der Waals surface area contributed by atoms with Gasteiger partial charge in [-0.2, -0.15) is 0 Å². The van der Waals surface area contributed by atoms with Crippen LogP contribution in [0.15, 0.2) is 34.2 Å². The second kappa shape index (κ2) is 12.6. The molecule has 1 aromatic rings. The largest absolute Gasteiger partial charge is 0.356 e. The number of nitrogens with zero attached hydrogens (tertiary/aromatic N) is 2. The minimum Gasteiger partial charge on any atom is -0.356 e. The molecule has 0 spiro atoms. The molecule has 28 heavy (non-hydrogen) atoms. The zero-order chi connectivity index (χ0) is 19.7. The van der Waals surface area contributed by atoms with E-state index in [1.807, 2.05) is 12.1 Å². The van der Waals surface area contributed by atoms with Gasteiger partial charge < -0.3 is 15.5 Å². The van der Waals surface area contributed by atoms with Crippen LogP contribution in [0.2, 0.25) is 0 Å². The smallest absolute Gasteiger partial charge is 0.240 e. The molecule has 1 aromatic carbocycles. The molecule has 1 unspecified atom stereocenters. The third kappa shape index (κ3) is 7.84. The van der Waals surface area contributed by atoms with Crippen LogP contribution in [0.3, 0.4) is 0 Å². The van der Waals surface area contributed by atoms with Crippen molar-refractivity contribution in [3.8, 4) is 0 Å². The van der Waals surface area contributed by atoms with Crippen LogP contribution in [0.4, 0.5) is 0 Å². The van der Waals surface area contributed by atoms with Gasteiger partial charge >= 0.3 is 0 Å². The number of nitrogens with one attached hydrogen (secondary N) is 3. The fraction of sp³-hybridized carbons (Fsp3) is 0.632. The van der Waals surface area contributed by atoms with Crippen molar-refractivity contribution in [3.05, 3.63) is 29.8 Å². The lowest BCUT2D eigenvalue weighted by Gasteiger charge is -2.33. The van der Waals surface area contributed by atoms with Gasteiger partial charge in [0.2, 0.25) is 10.0 Å². The van der Waals surface area contributed by atoms with Crippen LogP contribution in [0.5, 0.6) is 0 Å². The van der Waals surface area contributed by atoms with Crippen LogP contribution < -0.4 is 15.4 Å².